The van der Waals surface area contributed by atoms with E-state index < -0.39 is 0 Å². The van der Waals surface area contributed by atoms with Crippen molar-refractivity contribution in [2.24, 2.45) is 10.9 Å². The van der Waals surface area contributed by atoms with Crippen LogP contribution in [0.25, 0.3) is 0 Å². The van der Waals surface area contributed by atoms with Gasteiger partial charge in [0.15, 0.2) is 5.96 Å². The van der Waals surface area contributed by atoms with E-state index in [1.165, 1.54) is 24.8 Å². The lowest BCUT2D eigenvalue weighted by Gasteiger charge is -2.19. The molecule has 1 aliphatic rings. The van der Waals surface area contributed by atoms with Gasteiger partial charge in [-0.3, -0.25) is 4.99 Å². The monoisotopic (exact) mass is 459 g/mol. The lowest BCUT2D eigenvalue weighted by atomic mass is 10.0. The van der Waals surface area contributed by atoms with E-state index in [0.29, 0.717) is 6.04 Å². The molecule has 1 aromatic heterocycles. The normalized spacial score (nSPS) is 15.9. The van der Waals surface area contributed by atoms with Crippen molar-refractivity contribution in [2.45, 2.75) is 59.0 Å². The summed E-state index contributed by atoms with van der Waals surface area (Å²) in [4.78, 5) is 11.3. The van der Waals surface area contributed by atoms with Gasteiger partial charge in [-0.1, -0.05) is 19.9 Å². The van der Waals surface area contributed by atoms with Crippen molar-refractivity contribution < 1.29 is 0 Å². The van der Waals surface area contributed by atoms with Gasteiger partial charge in [-0.2, -0.15) is 0 Å². The van der Waals surface area contributed by atoms with Gasteiger partial charge < -0.3 is 15.5 Å². The Morgan fingerprint density at radius 2 is 1.92 bits per heavy atom. The number of rotatable bonds is 7. The number of anilines is 1. The third kappa shape index (κ3) is 7.79. The van der Waals surface area contributed by atoms with E-state index in [9.17, 15) is 0 Å². The predicted octanol–water partition coefficient (Wildman–Crippen LogP) is 3.79. The molecule has 0 aromatic carbocycles. The third-order valence-corrected chi connectivity index (χ3v) is 4.48. The Bertz CT molecular complexity index is 509. The highest BCUT2D eigenvalue weighted by Crippen LogP contribution is 2.17. The number of aliphatic imine (C=N–C) groups is 1. The molecule has 2 rings (SSSR count). The van der Waals surface area contributed by atoms with Crippen molar-refractivity contribution in [3.8, 4) is 0 Å². The van der Waals surface area contributed by atoms with Crippen LogP contribution in [0.2, 0.25) is 0 Å². The van der Waals surface area contributed by atoms with Crippen molar-refractivity contribution in [3.63, 3.8) is 0 Å². The van der Waals surface area contributed by atoms with E-state index in [1.807, 2.05) is 13.2 Å². The first-order valence-electron chi connectivity index (χ1n) is 9.25. The van der Waals surface area contributed by atoms with Gasteiger partial charge in [-0.05, 0) is 50.2 Å². The number of guanidine groups is 1. The fraction of sp³-hybridized carbons (Fsp3) is 0.684. The molecular formula is C19H34IN5. The van der Waals surface area contributed by atoms with Gasteiger partial charge in [0.1, 0.15) is 5.82 Å². The van der Waals surface area contributed by atoms with Crippen LogP contribution in [0.4, 0.5) is 5.82 Å². The molecule has 1 unspecified atom stereocenters. The van der Waals surface area contributed by atoms with Crippen LogP contribution in [0.5, 0.6) is 0 Å². The summed E-state index contributed by atoms with van der Waals surface area (Å²) in [6.07, 6.45) is 6.91. The maximum absolute atomic E-state index is 4.60. The van der Waals surface area contributed by atoms with Crippen molar-refractivity contribution in [1.82, 2.24) is 15.6 Å². The molecule has 2 N–H and O–H groups in total. The Kier molecular flexibility index (Phi) is 10.2. The van der Waals surface area contributed by atoms with Gasteiger partial charge in [0, 0.05) is 38.9 Å². The number of nitrogens with zero attached hydrogens (tertiary/aromatic N) is 3. The number of pyridine rings is 1. The number of hydrogen-bond acceptors (Lipinski definition) is 3. The number of aromatic nitrogens is 1. The molecule has 25 heavy (non-hydrogen) atoms. The van der Waals surface area contributed by atoms with Crippen LogP contribution in [0.3, 0.4) is 0 Å². The largest absolute Gasteiger partial charge is 0.357 e. The van der Waals surface area contributed by atoms with Crippen LogP contribution in [0.15, 0.2) is 23.3 Å². The minimum atomic E-state index is 0. The van der Waals surface area contributed by atoms with Gasteiger partial charge >= 0.3 is 0 Å². The van der Waals surface area contributed by atoms with Crippen molar-refractivity contribution in [3.05, 3.63) is 23.9 Å². The number of nitrogens with one attached hydrogen (secondary N) is 2. The molecule has 1 saturated heterocycles. The molecule has 1 fully saturated rings. The van der Waals surface area contributed by atoms with Crippen LogP contribution >= 0.6 is 24.0 Å². The van der Waals surface area contributed by atoms with Gasteiger partial charge in [-0.25, -0.2) is 4.98 Å². The van der Waals surface area contributed by atoms with Crippen LogP contribution < -0.4 is 15.5 Å². The summed E-state index contributed by atoms with van der Waals surface area (Å²) in [5.74, 6) is 2.69. The fourth-order valence-electron chi connectivity index (χ4n) is 2.92. The summed E-state index contributed by atoms with van der Waals surface area (Å²) in [6.45, 7) is 9.74. The highest BCUT2D eigenvalue weighted by Gasteiger charge is 2.13. The second kappa shape index (κ2) is 11.5. The molecule has 0 spiro atoms. The standard InChI is InChI=1S/C19H33N5.HI/c1-15(2)7-8-16(3)23-19(20-4)22-14-17-9-10-18(21-13-17)24-11-5-6-12-24;/h9-10,13,15-16H,5-8,11-12,14H2,1-4H3,(H2,20,22,23);1H. The minimum Gasteiger partial charge on any atom is -0.357 e. The third-order valence-electron chi connectivity index (χ3n) is 4.48. The van der Waals surface area contributed by atoms with E-state index in [-0.39, 0.29) is 24.0 Å². The lowest BCUT2D eigenvalue weighted by molar-refractivity contribution is 0.489. The molecule has 6 heteroatoms. The van der Waals surface area contributed by atoms with Crippen LogP contribution in [0, 0.1) is 5.92 Å². The van der Waals surface area contributed by atoms with E-state index in [2.05, 4.69) is 58.4 Å². The highest BCUT2D eigenvalue weighted by atomic mass is 127. The first kappa shape index (κ1) is 22.0. The molecule has 1 atom stereocenters. The van der Waals surface area contributed by atoms with Gasteiger partial charge in [0.25, 0.3) is 0 Å². The Morgan fingerprint density at radius 1 is 1.20 bits per heavy atom. The molecule has 0 radical (unpaired) electrons. The first-order valence-corrected chi connectivity index (χ1v) is 9.25. The fourth-order valence-corrected chi connectivity index (χ4v) is 2.92. The molecule has 5 nitrogen and oxygen atoms in total. The summed E-state index contributed by atoms with van der Waals surface area (Å²) in [7, 11) is 1.82. The van der Waals surface area contributed by atoms with Crippen LogP contribution in [-0.4, -0.2) is 37.1 Å². The second-order valence-corrected chi connectivity index (χ2v) is 7.16. The van der Waals surface area contributed by atoms with Gasteiger partial charge in [0.05, 0.1) is 0 Å². The summed E-state index contributed by atoms with van der Waals surface area (Å²) in [5.41, 5.74) is 1.18. The average Bonchev–Trinajstić information content (AvgIpc) is 3.11. The predicted molar refractivity (Wildman–Crippen MR) is 118 cm³/mol. The molecule has 0 amide bonds. The van der Waals surface area contributed by atoms with E-state index in [4.69, 9.17) is 0 Å². The minimum absolute atomic E-state index is 0. The number of halogens is 1. The SMILES string of the molecule is CN=C(NCc1ccc(N2CCCC2)nc1)NC(C)CCC(C)C.I. The molecule has 1 aliphatic heterocycles. The average molecular weight is 459 g/mol. The van der Waals surface area contributed by atoms with E-state index in [0.717, 1.165) is 43.8 Å². The zero-order chi connectivity index (χ0) is 17.4. The molecule has 1 aromatic rings. The number of hydrogen-bond donors (Lipinski definition) is 2. The molecule has 0 bridgehead atoms. The Morgan fingerprint density at radius 3 is 2.48 bits per heavy atom. The lowest BCUT2D eigenvalue weighted by Crippen LogP contribution is -2.41. The second-order valence-electron chi connectivity index (χ2n) is 7.16. The Labute approximate surface area is 170 Å². The maximum Gasteiger partial charge on any atom is 0.191 e. The van der Waals surface area contributed by atoms with Crippen molar-refractivity contribution >= 4 is 35.8 Å². The smallest absolute Gasteiger partial charge is 0.191 e. The van der Waals surface area contributed by atoms with E-state index >= 15 is 0 Å². The van der Waals surface area contributed by atoms with E-state index in [1.54, 1.807) is 0 Å². The zero-order valence-corrected chi connectivity index (χ0v) is 18.4. The van der Waals surface area contributed by atoms with Gasteiger partial charge in [0.2, 0.25) is 0 Å². The maximum atomic E-state index is 4.60. The summed E-state index contributed by atoms with van der Waals surface area (Å²) < 4.78 is 0. The van der Waals surface area contributed by atoms with Gasteiger partial charge in [-0.15, -0.1) is 24.0 Å². The summed E-state index contributed by atoms with van der Waals surface area (Å²) in [5, 5.41) is 6.84. The quantitative estimate of drug-likeness (QED) is 0.370. The Hall–Kier alpha value is -1.05. The van der Waals surface area contributed by atoms with Crippen molar-refractivity contribution in [2.75, 3.05) is 25.0 Å². The van der Waals surface area contributed by atoms with Crippen LogP contribution in [0.1, 0.15) is 52.0 Å². The molecule has 0 saturated carbocycles. The zero-order valence-electron chi connectivity index (χ0n) is 16.1. The van der Waals surface area contributed by atoms with Crippen molar-refractivity contribution in [1.29, 1.82) is 0 Å². The highest BCUT2D eigenvalue weighted by molar-refractivity contribution is 14.0. The Balaban J connectivity index is 0.00000312. The molecule has 2 heterocycles. The summed E-state index contributed by atoms with van der Waals surface area (Å²) >= 11 is 0. The van der Waals surface area contributed by atoms with Crippen LogP contribution in [-0.2, 0) is 6.54 Å². The summed E-state index contributed by atoms with van der Waals surface area (Å²) in [6, 6.07) is 4.71. The topological polar surface area (TPSA) is 52.6 Å². The molecular weight excluding hydrogens is 425 g/mol. The first-order chi connectivity index (χ1) is 11.6. The molecule has 142 valence electrons. The molecule has 0 aliphatic carbocycles.